The van der Waals surface area contributed by atoms with E-state index in [1.807, 2.05) is 6.07 Å². The van der Waals surface area contributed by atoms with Crippen LogP contribution in [-0.2, 0) is 6.42 Å². The van der Waals surface area contributed by atoms with Gasteiger partial charge in [-0.05, 0) is 30.2 Å². The first-order valence-electron chi connectivity index (χ1n) is 7.34. The van der Waals surface area contributed by atoms with Gasteiger partial charge in [0.05, 0.1) is 26.9 Å². The molecule has 0 aromatic heterocycles. The molecule has 6 nitrogen and oxygen atoms in total. The van der Waals surface area contributed by atoms with Gasteiger partial charge in [-0.25, -0.2) is 0 Å². The molecule has 0 amide bonds. The summed E-state index contributed by atoms with van der Waals surface area (Å²) in [5.74, 6) is 0.965. The quantitative estimate of drug-likeness (QED) is 0.758. The highest BCUT2D eigenvalue weighted by Crippen LogP contribution is 2.40. The van der Waals surface area contributed by atoms with Crippen molar-refractivity contribution in [2.75, 3.05) is 21.3 Å². The standard InChI is InChI=1S/C18H20O6/c1-22-16-9-5-11(17(23-2)18(16)24-3)4-8-14(20)13-7-6-12(19)10-15(13)21/h5-7,9-10,19,21H,4,8H2,1-3H3. The van der Waals surface area contributed by atoms with Gasteiger partial charge in [0.2, 0.25) is 5.75 Å². The van der Waals surface area contributed by atoms with Crippen molar-refractivity contribution in [3.8, 4) is 28.7 Å². The van der Waals surface area contributed by atoms with Crippen LogP contribution in [0.15, 0.2) is 30.3 Å². The zero-order valence-corrected chi connectivity index (χ0v) is 13.8. The average Bonchev–Trinajstić information content (AvgIpc) is 2.58. The number of aryl methyl sites for hydroxylation is 1. The van der Waals surface area contributed by atoms with Crippen LogP contribution < -0.4 is 14.2 Å². The van der Waals surface area contributed by atoms with Gasteiger partial charge in [-0.1, -0.05) is 6.07 Å². The van der Waals surface area contributed by atoms with Gasteiger partial charge in [0.25, 0.3) is 0 Å². The summed E-state index contributed by atoms with van der Waals surface area (Å²) in [7, 11) is 4.58. The van der Waals surface area contributed by atoms with Crippen molar-refractivity contribution in [3.63, 3.8) is 0 Å². The smallest absolute Gasteiger partial charge is 0.203 e. The molecule has 0 heterocycles. The third-order valence-electron chi connectivity index (χ3n) is 3.69. The van der Waals surface area contributed by atoms with E-state index in [2.05, 4.69) is 0 Å². The Kier molecular flexibility index (Phi) is 5.52. The largest absolute Gasteiger partial charge is 0.508 e. The molecule has 0 atom stereocenters. The normalized spacial score (nSPS) is 10.3. The molecule has 2 aromatic carbocycles. The lowest BCUT2D eigenvalue weighted by atomic mass is 10.0. The van der Waals surface area contributed by atoms with E-state index in [4.69, 9.17) is 14.2 Å². The number of ketones is 1. The Labute approximate surface area is 140 Å². The Bertz CT molecular complexity index is 739. The number of methoxy groups -OCH3 is 3. The molecule has 2 N–H and O–H groups in total. The van der Waals surface area contributed by atoms with Crippen LogP contribution in [0.4, 0.5) is 0 Å². The van der Waals surface area contributed by atoms with Crippen LogP contribution in [0.25, 0.3) is 0 Å². The molecule has 0 aliphatic rings. The number of phenols is 2. The number of ether oxygens (including phenoxy) is 3. The molecule has 0 saturated heterocycles. The molecule has 24 heavy (non-hydrogen) atoms. The SMILES string of the molecule is COc1ccc(CCC(=O)c2ccc(O)cc2O)c(OC)c1OC. The Hall–Kier alpha value is -2.89. The lowest BCUT2D eigenvalue weighted by molar-refractivity contribution is 0.0980. The Morgan fingerprint density at radius 3 is 2.25 bits per heavy atom. The molecule has 2 rings (SSSR count). The summed E-state index contributed by atoms with van der Waals surface area (Å²) < 4.78 is 15.9. The molecule has 0 aliphatic heterocycles. The minimum Gasteiger partial charge on any atom is -0.508 e. The number of aromatic hydroxyl groups is 2. The predicted octanol–water partition coefficient (Wildman–Crippen LogP) is 2.94. The monoisotopic (exact) mass is 332 g/mol. The van der Waals surface area contributed by atoms with E-state index in [0.29, 0.717) is 23.7 Å². The lowest BCUT2D eigenvalue weighted by Gasteiger charge is -2.15. The van der Waals surface area contributed by atoms with E-state index in [-0.39, 0.29) is 29.3 Å². The first-order chi connectivity index (χ1) is 11.5. The summed E-state index contributed by atoms with van der Waals surface area (Å²) in [5, 5.41) is 19.1. The van der Waals surface area contributed by atoms with Gasteiger partial charge < -0.3 is 24.4 Å². The van der Waals surface area contributed by atoms with Crippen molar-refractivity contribution in [2.24, 2.45) is 0 Å². The first kappa shape index (κ1) is 17.5. The first-order valence-corrected chi connectivity index (χ1v) is 7.34. The maximum atomic E-state index is 12.3. The Balaban J connectivity index is 2.21. The molecule has 0 bridgehead atoms. The molecule has 0 fully saturated rings. The lowest BCUT2D eigenvalue weighted by Crippen LogP contribution is -2.04. The molecular formula is C18H20O6. The topological polar surface area (TPSA) is 85.2 Å². The second-order valence-corrected chi connectivity index (χ2v) is 5.12. The number of rotatable bonds is 7. The van der Waals surface area contributed by atoms with Crippen LogP contribution in [0.3, 0.4) is 0 Å². The van der Waals surface area contributed by atoms with Gasteiger partial charge >= 0.3 is 0 Å². The number of benzene rings is 2. The molecule has 128 valence electrons. The molecule has 2 aromatic rings. The Morgan fingerprint density at radius 1 is 0.958 bits per heavy atom. The molecule has 0 unspecified atom stereocenters. The molecule has 0 spiro atoms. The molecule has 6 heteroatoms. The fourth-order valence-electron chi connectivity index (χ4n) is 2.50. The van der Waals surface area contributed by atoms with Crippen LogP contribution in [-0.4, -0.2) is 37.3 Å². The van der Waals surface area contributed by atoms with Gasteiger partial charge in [0, 0.05) is 12.5 Å². The van der Waals surface area contributed by atoms with Gasteiger partial charge in [-0.3, -0.25) is 4.79 Å². The number of hydrogen-bond acceptors (Lipinski definition) is 6. The summed E-state index contributed by atoms with van der Waals surface area (Å²) in [6.07, 6.45) is 0.576. The molecular weight excluding hydrogens is 312 g/mol. The number of carbonyl (C=O) groups excluding carboxylic acids is 1. The zero-order chi connectivity index (χ0) is 17.7. The van der Waals surface area contributed by atoms with Crippen LogP contribution in [0.2, 0.25) is 0 Å². The van der Waals surface area contributed by atoms with Crippen molar-refractivity contribution >= 4 is 5.78 Å². The average molecular weight is 332 g/mol. The minimum absolute atomic E-state index is 0.0920. The van der Waals surface area contributed by atoms with Crippen molar-refractivity contribution in [1.29, 1.82) is 0 Å². The summed E-state index contributed by atoms with van der Waals surface area (Å²) in [6, 6.07) is 7.47. The maximum Gasteiger partial charge on any atom is 0.203 e. The van der Waals surface area contributed by atoms with Crippen molar-refractivity contribution in [3.05, 3.63) is 41.5 Å². The van der Waals surface area contributed by atoms with Gasteiger partial charge in [-0.15, -0.1) is 0 Å². The van der Waals surface area contributed by atoms with Crippen molar-refractivity contribution in [2.45, 2.75) is 12.8 Å². The fraction of sp³-hybridized carbons (Fsp3) is 0.278. The van der Waals surface area contributed by atoms with E-state index >= 15 is 0 Å². The van der Waals surface area contributed by atoms with Gasteiger partial charge in [-0.2, -0.15) is 0 Å². The zero-order valence-electron chi connectivity index (χ0n) is 13.8. The summed E-state index contributed by atoms with van der Waals surface area (Å²) in [6.45, 7) is 0. The highest BCUT2D eigenvalue weighted by Gasteiger charge is 2.18. The van der Waals surface area contributed by atoms with Gasteiger partial charge in [0.15, 0.2) is 17.3 Å². The van der Waals surface area contributed by atoms with Crippen molar-refractivity contribution < 1.29 is 29.2 Å². The molecule has 0 aliphatic carbocycles. The Morgan fingerprint density at radius 2 is 1.67 bits per heavy atom. The van der Waals surface area contributed by atoms with Crippen molar-refractivity contribution in [1.82, 2.24) is 0 Å². The van der Waals surface area contributed by atoms with E-state index in [1.54, 1.807) is 6.07 Å². The highest BCUT2D eigenvalue weighted by molar-refractivity contribution is 5.98. The summed E-state index contributed by atoms with van der Waals surface area (Å²) in [5.41, 5.74) is 0.967. The van der Waals surface area contributed by atoms with Gasteiger partial charge in [0.1, 0.15) is 11.5 Å². The second kappa shape index (κ2) is 7.59. The van der Waals surface area contributed by atoms with E-state index < -0.39 is 0 Å². The number of carbonyl (C=O) groups is 1. The number of phenolic OH excluding ortho intramolecular Hbond substituents is 2. The van der Waals surface area contributed by atoms with E-state index in [9.17, 15) is 15.0 Å². The van der Waals surface area contributed by atoms with E-state index in [1.165, 1.54) is 33.5 Å². The molecule has 0 saturated carbocycles. The predicted molar refractivity (Wildman–Crippen MR) is 88.5 cm³/mol. The third kappa shape index (κ3) is 3.53. The summed E-state index contributed by atoms with van der Waals surface area (Å²) in [4.78, 5) is 12.3. The second-order valence-electron chi connectivity index (χ2n) is 5.12. The minimum atomic E-state index is -0.237. The van der Waals surface area contributed by atoms with Crippen LogP contribution in [0.1, 0.15) is 22.3 Å². The number of Topliss-reactive ketones (excluding diaryl/α,β-unsaturated/α-hetero) is 1. The number of hydrogen-bond donors (Lipinski definition) is 2. The maximum absolute atomic E-state index is 12.3. The highest BCUT2D eigenvalue weighted by atomic mass is 16.5. The summed E-state index contributed by atoms with van der Waals surface area (Å²) >= 11 is 0. The molecule has 0 radical (unpaired) electrons. The fourth-order valence-corrected chi connectivity index (χ4v) is 2.50. The van der Waals surface area contributed by atoms with Crippen LogP contribution in [0, 0.1) is 0 Å². The van der Waals surface area contributed by atoms with Crippen LogP contribution >= 0.6 is 0 Å². The van der Waals surface area contributed by atoms with E-state index in [0.717, 1.165) is 11.6 Å². The van der Waals surface area contributed by atoms with Crippen LogP contribution in [0.5, 0.6) is 28.7 Å². The third-order valence-corrected chi connectivity index (χ3v) is 3.69.